The normalized spacial score (nSPS) is 22.9. The van der Waals surface area contributed by atoms with Crippen LogP contribution in [0.25, 0.3) is 0 Å². The van der Waals surface area contributed by atoms with E-state index in [0.717, 1.165) is 36.9 Å². The first-order valence-corrected chi connectivity index (χ1v) is 8.12. The van der Waals surface area contributed by atoms with Gasteiger partial charge in [0, 0.05) is 37.1 Å². The van der Waals surface area contributed by atoms with Gasteiger partial charge in [0.2, 0.25) is 5.91 Å². The SMILES string of the molecule is CC[C@H]1CN(C(C)=O)CC[C@H]1NCc1cccc(Br)c1. The molecular weight excluding hydrogens is 316 g/mol. The van der Waals surface area contributed by atoms with Crippen LogP contribution in [0, 0.1) is 5.92 Å². The summed E-state index contributed by atoms with van der Waals surface area (Å²) in [4.78, 5) is 13.5. The molecule has 1 aliphatic heterocycles. The van der Waals surface area contributed by atoms with Gasteiger partial charge in [0.15, 0.2) is 0 Å². The molecule has 0 aliphatic carbocycles. The van der Waals surface area contributed by atoms with Gasteiger partial charge in [-0.3, -0.25) is 4.79 Å². The third kappa shape index (κ3) is 4.06. The van der Waals surface area contributed by atoms with Crippen molar-refractivity contribution in [2.45, 2.75) is 39.3 Å². The van der Waals surface area contributed by atoms with Gasteiger partial charge in [-0.15, -0.1) is 0 Å². The molecule has 3 nitrogen and oxygen atoms in total. The van der Waals surface area contributed by atoms with E-state index in [4.69, 9.17) is 0 Å². The number of halogens is 1. The Kier molecular flexibility index (Phi) is 5.61. The molecule has 0 aromatic heterocycles. The van der Waals surface area contributed by atoms with Crippen LogP contribution in [0.1, 0.15) is 32.3 Å². The van der Waals surface area contributed by atoms with Crippen LogP contribution in [0.2, 0.25) is 0 Å². The lowest BCUT2D eigenvalue weighted by Gasteiger charge is -2.38. The van der Waals surface area contributed by atoms with Crippen LogP contribution >= 0.6 is 15.9 Å². The first-order chi connectivity index (χ1) is 9.60. The van der Waals surface area contributed by atoms with Crippen molar-refractivity contribution in [3.8, 4) is 0 Å². The van der Waals surface area contributed by atoms with Gasteiger partial charge in [0.25, 0.3) is 0 Å². The van der Waals surface area contributed by atoms with E-state index >= 15 is 0 Å². The zero-order valence-electron chi connectivity index (χ0n) is 12.2. The van der Waals surface area contributed by atoms with Gasteiger partial charge in [-0.1, -0.05) is 41.4 Å². The van der Waals surface area contributed by atoms with Gasteiger partial charge < -0.3 is 10.2 Å². The summed E-state index contributed by atoms with van der Waals surface area (Å²) in [5.41, 5.74) is 1.29. The third-order valence-electron chi connectivity index (χ3n) is 4.16. The van der Waals surface area contributed by atoms with Gasteiger partial charge in [-0.05, 0) is 30.0 Å². The van der Waals surface area contributed by atoms with E-state index in [2.05, 4.69) is 46.4 Å². The lowest BCUT2D eigenvalue weighted by Crippen LogP contribution is -2.50. The van der Waals surface area contributed by atoms with Crippen LogP contribution in [-0.4, -0.2) is 29.9 Å². The minimum absolute atomic E-state index is 0.203. The summed E-state index contributed by atoms with van der Waals surface area (Å²) in [6.45, 7) is 6.54. The molecule has 2 rings (SSSR count). The molecule has 1 N–H and O–H groups in total. The minimum atomic E-state index is 0.203. The Balaban J connectivity index is 1.90. The largest absolute Gasteiger partial charge is 0.343 e. The highest BCUT2D eigenvalue weighted by atomic mass is 79.9. The van der Waals surface area contributed by atoms with E-state index in [1.54, 1.807) is 6.92 Å². The van der Waals surface area contributed by atoms with Crippen LogP contribution in [0.4, 0.5) is 0 Å². The summed E-state index contributed by atoms with van der Waals surface area (Å²) in [6, 6.07) is 8.91. The quantitative estimate of drug-likeness (QED) is 0.914. The van der Waals surface area contributed by atoms with Crippen molar-refractivity contribution < 1.29 is 4.79 Å². The molecule has 1 aromatic rings. The Morgan fingerprint density at radius 2 is 2.30 bits per heavy atom. The summed E-state index contributed by atoms with van der Waals surface area (Å²) in [5, 5.41) is 3.67. The molecule has 0 bridgehead atoms. The smallest absolute Gasteiger partial charge is 0.219 e. The lowest BCUT2D eigenvalue weighted by molar-refractivity contribution is -0.131. The van der Waals surface area contributed by atoms with Crippen LogP contribution in [0.5, 0.6) is 0 Å². The molecule has 0 spiro atoms. The Morgan fingerprint density at radius 3 is 2.95 bits per heavy atom. The minimum Gasteiger partial charge on any atom is -0.343 e. The number of rotatable bonds is 4. The zero-order valence-corrected chi connectivity index (χ0v) is 13.8. The molecule has 20 heavy (non-hydrogen) atoms. The van der Waals surface area contributed by atoms with E-state index in [1.807, 2.05) is 11.0 Å². The number of amides is 1. The molecule has 1 amide bonds. The van der Waals surface area contributed by atoms with E-state index in [9.17, 15) is 4.79 Å². The van der Waals surface area contributed by atoms with Crippen molar-refractivity contribution in [2.75, 3.05) is 13.1 Å². The molecular formula is C16H23BrN2O. The lowest BCUT2D eigenvalue weighted by atomic mass is 9.89. The fraction of sp³-hybridized carbons (Fsp3) is 0.562. The number of carbonyl (C=O) groups excluding carboxylic acids is 1. The second-order valence-electron chi connectivity index (χ2n) is 5.54. The van der Waals surface area contributed by atoms with Crippen molar-refractivity contribution in [1.82, 2.24) is 10.2 Å². The topological polar surface area (TPSA) is 32.3 Å². The number of hydrogen-bond acceptors (Lipinski definition) is 2. The highest BCUT2D eigenvalue weighted by Gasteiger charge is 2.28. The van der Waals surface area contributed by atoms with Crippen LogP contribution in [-0.2, 0) is 11.3 Å². The molecule has 1 saturated heterocycles. The first kappa shape index (κ1) is 15.5. The maximum atomic E-state index is 11.5. The Morgan fingerprint density at radius 1 is 1.50 bits per heavy atom. The number of piperidine rings is 1. The number of carbonyl (C=O) groups is 1. The maximum absolute atomic E-state index is 11.5. The molecule has 1 fully saturated rings. The molecule has 110 valence electrons. The van der Waals surface area contributed by atoms with Crippen molar-refractivity contribution >= 4 is 21.8 Å². The number of likely N-dealkylation sites (tertiary alicyclic amines) is 1. The molecule has 0 saturated carbocycles. The van der Waals surface area contributed by atoms with Crippen LogP contribution < -0.4 is 5.32 Å². The highest BCUT2D eigenvalue weighted by Crippen LogP contribution is 2.21. The van der Waals surface area contributed by atoms with Crippen molar-refractivity contribution in [1.29, 1.82) is 0 Å². The third-order valence-corrected chi connectivity index (χ3v) is 4.65. The fourth-order valence-corrected chi connectivity index (χ4v) is 3.34. The molecule has 0 unspecified atom stereocenters. The fourth-order valence-electron chi connectivity index (χ4n) is 2.90. The summed E-state index contributed by atoms with van der Waals surface area (Å²) in [6.07, 6.45) is 2.16. The summed E-state index contributed by atoms with van der Waals surface area (Å²) in [5.74, 6) is 0.758. The molecule has 1 heterocycles. The maximum Gasteiger partial charge on any atom is 0.219 e. The van der Waals surface area contributed by atoms with Crippen molar-refractivity contribution in [3.05, 3.63) is 34.3 Å². The van der Waals surface area contributed by atoms with Gasteiger partial charge in [-0.2, -0.15) is 0 Å². The predicted molar refractivity (Wildman–Crippen MR) is 85.4 cm³/mol. The predicted octanol–water partition coefficient (Wildman–Crippen LogP) is 3.19. The standard InChI is InChI=1S/C16H23BrN2O/c1-3-14-11-19(12(2)20)8-7-16(14)18-10-13-5-4-6-15(17)9-13/h4-6,9,14,16,18H,3,7-8,10-11H2,1-2H3/t14-,16+/m0/s1. The second-order valence-corrected chi connectivity index (χ2v) is 6.46. The van der Waals surface area contributed by atoms with Crippen LogP contribution in [0.15, 0.2) is 28.7 Å². The van der Waals surface area contributed by atoms with Gasteiger partial charge in [0.1, 0.15) is 0 Å². The first-order valence-electron chi connectivity index (χ1n) is 7.33. The van der Waals surface area contributed by atoms with E-state index in [-0.39, 0.29) is 5.91 Å². The molecule has 0 radical (unpaired) electrons. The van der Waals surface area contributed by atoms with Gasteiger partial charge >= 0.3 is 0 Å². The van der Waals surface area contributed by atoms with E-state index in [0.29, 0.717) is 12.0 Å². The Bertz CT molecular complexity index is 464. The number of nitrogens with zero attached hydrogens (tertiary/aromatic N) is 1. The Labute approximate surface area is 129 Å². The number of nitrogens with one attached hydrogen (secondary N) is 1. The van der Waals surface area contributed by atoms with Crippen LogP contribution in [0.3, 0.4) is 0 Å². The second kappa shape index (κ2) is 7.23. The molecule has 1 aromatic carbocycles. The van der Waals surface area contributed by atoms with Gasteiger partial charge in [0.05, 0.1) is 0 Å². The van der Waals surface area contributed by atoms with E-state index < -0.39 is 0 Å². The zero-order chi connectivity index (χ0) is 14.5. The van der Waals surface area contributed by atoms with E-state index in [1.165, 1.54) is 5.56 Å². The Hall–Kier alpha value is -0.870. The number of benzene rings is 1. The molecule has 4 heteroatoms. The summed E-state index contributed by atoms with van der Waals surface area (Å²) in [7, 11) is 0. The average molecular weight is 339 g/mol. The molecule has 2 atom stereocenters. The summed E-state index contributed by atoms with van der Waals surface area (Å²) < 4.78 is 1.12. The number of hydrogen-bond donors (Lipinski definition) is 1. The summed E-state index contributed by atoms with van der Waals surface area (Å²) >= 11 is 3.51. The van der Waals surface area contributed by atoms with Crippen molar-refractivity contribution in [2.24, 2.45) is 5.92 Å². The monoisotopic (exact) mass is 338 g/mol. The molecule has 1 aliphatic rings. The average Bonchev–Trinajstić information content (AvgIpc) is 2.45. The highest BCUT2D eigenvalue weighted by molar-refractivity contribution is 9.10. The van der Waals surface area contributed by atoms with Crippen molar-refractivity contribution in [3.63, 3.8) is 0 Å². The van der Waals surface area contributed by atoms with Gasteiger partial charge in [-0.25, -0.2) is 0 Å².